The Balaban J connectivity index is 0.000000167. The van der Waals surface area contributed by atoms with E-state index in [1.165, 1.54) is 29.0 Å². The van der Waals surface area contributed by atoms with Crippen LogP contribution in [0.2, 0.25) is 5.02 Å². The Morgan fingerprint density at radius 3 is 1.08 bits per heavy atom. The molecule has 10 aromatic rings. The lowest BCUT2D eigenvalue weighted by molar-refractivity contribution is -0.0500. The van der Waals surface area contributed by atoms with Gasteiger partial charge in [0.05, 0.1) is 49.1 Å². The first-order valence-corrected chi connectivity index (χ1v) is 44.0. The number of ether oxygens (including phenoxy) is 6. The Kier molecular flexibility index (Phi) is 30.5. The van der Waals surface area contributed by atoms with E-state index < -0.39 is 21.4 Å². The number of phenols is 1. The standard InChI is InChI=1S/C24H34N8O2.C22H30F3N5O5S.C21H30ClN5O2.C21H28N8O/c1-23(2)11-17(12-24(3,4)30-23)31(5)22-25-13-20(27-28-22)18-9-8-16(10-21(18)34-15-33-7)19-14-26-32(6)29-19;1-20(2)10-14(11-21(3,4)29-20)30(5)19-26-12-17(27-28-19)16-8-7-15(9-18(16)34-13-33-6)35-36(31,32)22(23,24)25;1-20(2)10-15(11-21(3,4)26-20)27(5)19-23-12-17(24-25-19)16-8-7-14(22)9-18(16)29-13-28-6;1-20(2)11-15(12-21(3,4)27-20)28(5)19-22-13-17(25-26-19)16-7-6-14(10-18(16)30)29-23-8-9-24-29/h8-10,13-14,17,30H,11-12,15H2,1-7H3;7-9,12,14,29H,10-11,13H2,1-6H3;7-9,12,15,26H,10-11,13H2,1-6H3;6-10,13,15,27,30H,11-12H2,1-5H3. The highest BCUT2D eigenvalue weighted by atomic mass is 35.5. The zero-order valence-electron chi connectivity index (χ0n) is 77.9. The van der Waals surface area contributed by atoms with Crippen molar-refractivity contribution in [3.63, 3.8) is 0 Å². The minimum Gasteiger partial charge on any atom is -0.507 e. The van der Waals surface area contributed by atoms with Crippen LogP contribution in [0.1, 0.15) is 162 Å². The van der Waals surface area contributed by atoms with Gasteiger partial charge in [0, 0.05) is 170 Å². The van der Waals surface area contributed by atoms with Gasteiger partial charge < -0.3 is 78.6 Å². The van der Waals surface area contributed by atoms with Gasteiger partial charge in [0.25, 0.3) is 0 Å². The normalized spacial score (nSPS) is 18.0. The molecule has 6 aromatic heterocycles. The van der Waals surface area contributed by atoms with E-state index in [1.807, 2.05) is 63.4 Å². The summed E-state index contributed by atoms with van der Waals surface area (Å²) in [6, 6.07) is 20.8. The molecule has 0 aliphatic carbocycles. The molecule has 0 spiro atoms. The third kappa shape index (κ3) is 26.3. The molecule has 4 fully saturated rings. The van der Waals surface area contributed by atoms with Crippen LogP contribution in [-0.2, 0) is 31.4 Å². The van der Waals surface area contributed by atoms with Gasteiger partial charge in [0.2, 0.25) is 23.8 Å². The molecule has 0 amide bonds. The maximum Gasteiger partial charge on any atom is 0.534 e. The van der Waals surface area contributed by atoms with Gasteiger partial charge in [-0.1, -0.05) is 17.7 Å². The molecule has 10 heterocycles. The van der Waals surface area contributed by atoms with Crippen LogP contribution in [-0.4, -0.2) is 248 Å². The molecule has 0 saturated carbocycles. The number of halogens is 4. The topological polar surface area (TPSA) is 396 Å². The third-order valence-corrected chi connectivity index (χ3v) is 23.5. The number of alkyl halides is 3. The van der Waals surface area contributed by atoms with Crippen LogP contribution in [0.15, 0.2) is 116 Å². The van der Waals surface area contributed by atoms with Crippen molar-refractivity contribution in [2.24, 2.45) is 7.05 Å². The second-order valence-electron chi connectivity index (χ2n) is 38.2. The quantitative estimate of drug-likeness (QED) is 0.0201. The average molecular weight is 1830 g/mol. The second kappa shape index (κ2) is 39.8. The summed E-state index contributed by atoms with van der Waals surface area (Å²) in [5.41, 5.74) is 1.23. The van der Waals surface area contributed by atoms with Gasteiger partial charge in [0.1, 0.15) is 57.2 Å². The first-order chi connectivity index (χ1) is 60.3. The summed E-state index contributed by atoms with van der Waals surface area (Å²) in [5, 5.41) is 77.3. The Hall–Kier alpha value is -10.9. The van der Waals surface area contributed by atoms with E-state index in [9.17, 15) is 26.7 Å². The van der Waals surface area contributed by atoms with E-state index in [4.69, 9.17) is 40.0 Å². The molecule has 129 heavy (non-hydrogen) atoms. The number of aryl methyl sites for hydroxylation is 1. The van der Waals surface area contributed by atoms with Crippen molar-refractivity contribution in [3.05, 3.63) is 121 Å². The third-order valence-electron chi connectivity index (χ3n) is 22.3. The number of methoxy groups -OCH3 is 3. The molecular formula is C88H122ClF3N26O10S. The number of hydrogen-bond acceptors (Lipinski definition) is 34. The highest BCUT2D eigenvalue weighted by Gasteiger charge is 2.49. The van der Waals surface area contributed by atoms with E-state index >= 15 is 0 Å². The molecule has 36 nitrogen and oxygen atoms in total. The zero-order valence-corrected chi connectivity index (χ0v) is 79.5. The van der Waals surface area contributed by atoms with Crippen LogP contribution in [0.25, 0.3) is 62.0 Å². The number of hydrogen-bond donors (Lipinski definition) is 5. The minimum atomic E-state index is -5.85. The average Bonchev–Trinajstić information content (AvgIpc) is 1.37. The predicted molar refractivity (Wildman–Crippen MR) is 487 cm³/mol. The van der Waals surface area contributed by atoms with Gasteiger partial charge in [-0.25, -0.2) is 19.9 Å². The smallest absolute Gasteiger partial charge is 0.507 e. The number of nitrogens with zero attached hydrogens (tertiary/aromatic N) is 22. The Bertz CT molecular complexity index is 5440. The Labute approximate surface area is 757 Å². The number of phenolic OH excluding ortho intramolecular Hbond substituents is 1. The highest BCUT2D eigenvalue weighted by Crippen LogP contribution is 2.42. The first-order valence-electron chi connectivity index (χ1n) is 42.2. The van der Waals surface area contributed by atoms with Crippen LogP contribution < -0.4 is 59.3 Å². The summed E-state index contributed by atoms with van der Waals surface area (Å²) in [6.07, 6.45) is 19.2. The monoisotopic (exact) mass is 1830 g/mol. The Morgan fingerprint density at radius 2 is 0.760 bits per heavy atom. The molecule has 0 atom stereocenters. The van der Waals surface area contributed by atoms with Gasteiger partial charge in [-0.05, 0) is 217 Å². The van der Waals surface area contributed by atoms with E-state index in [2.05, 4.69) is 232 Å². The van der Waals surface area contributed by atoms with Crippen molar-refractivity contribution in [2.75, 3.05) is 89.5 Å². The number of benzene rings is 4. The van der Waals surface area contributed by atoms with Crippen LogP contribution >= 0.6 is 11.6 Å². The molecule has 41 heteroatoms. The molecule has 4 aliphatic rings. The molecule has 14 rings (SSSR count). The fourth-order valence-corrected chi connectivity index (χ4v) is 18.6. The minimum absolute atomic E-state index is 0.0224. The number of nitrogens with one attached hydrogen (secondary N) is 4. The molecule has 4 saturated heterocycles. The van der Waals surface area contributed by atoms with Gasteiger partial charge >= 0.3 is 15.6 Å². The lowest BCUT2D eigenvalue weighted by Crippen LogP contribution is -2.62. The number of piperidine rings is 4. The maximum atomic E-state index is 12.7. The van der Waals surface area contributed by atoms with Gasteiger partial charge in [-0.2, -0.15) is 51.6 Å². The lowest BCUT2D eigenvalue weighted by Gasteiger charge is -2.48. The second-order valence-corrected chi connectivity index (χ2v) is 40.2. The van der Waals surface area contributed by atoms with E-state index in [-0.39, 0.29) is 87.9 Å². The van der Waals surface area contributed by atoms with Crippen LogP contribution in [0, 0.1) is 0 Å². The van der Waals surface area contributed by atoms with Crippen molar-refractivity contribution < 1.29 is 59.3 Å². The van der Waals surface area contributed by atoms with Gasteiger partial charge in [0.15, 0.2) is 20.4 Å². The van der Waals surface area contributed by atoms with E-state index in [1.54, 1.807) is 82.7 Å². The molecule has 4 aliphatic heterocycles. The highest BCUT2D eigenvalue weighted by molar-refractivity contribution is 7.88. The molecule has 4 aromatic carbocycles. The number of rotatable bonds is 25. The van der Waals surface area contributed by atoms with Crippen molar-refractivity contribution >= 4 is 45.5 Å². The van der Waals surface area contributed by atoms with Crippen molar-refractivity contribution in [3.8, 4) is 90.7 Å². The predicted octanol–water partition coefficient (Wildman–Crippen LogP) is 13.0. The molecule has 0 radical (unpaired) electrons. The summed E-state index contributed by atoms with van der Waals surface area (Å²) in [5.74, 6) is 2.87. The van der Waals surface area contributed by atoms with Crippen LogP contribution in [0.4, 0.5) is 37.0 Å². The fourth-order valence-electron chi connectivity index (χ4n) is 18.0. The van der Waals surface area contributed by atoms with Gasteiger partial charge in [-0.15, -0.1) is 40.8 Å². The maximum absolute atomic E-state index is 12.7. The summed E-state index contributed by atoms with van der Waals surface area (Å²) >= 11 is 6.10. The fraction of sp³-hybridized carbons (Fsp3) is 0.545. The Morgan fingerprint density at radius 1 is 0.434 bits per heavy atom. The summed E-state index contributed by atoms with van der Waals surface area (Å²) in [7, 11) is 8.44. The van der Waals surface area contributed by atoms with Gasteiger partial charge in [-0.3, -0.25) is 0 Å². The van der Waals surface area contributed by atoms with Crippen molar-refractivity contribution in [1.29, 1.82) is 0 Å². The summed E-state index contributed by atoms with van der Waals surface area (Å²) < 4.78 is 96.8. The lowest BCUT2D eigenvalue weighted by atomic mass is 9.79. The van der Waals surface area contributed by atoms with E-state index in [0.29, 0.717) is 92.3 Å². The van der Waals surface area contributed by atoms with E-state index in [0.717, 1.165) is 85.9 Å². The van der Waals surface area contributed by atoms with Crippen LogP contribution in [0.5, 0.6) is 28.7 Å². The molecule has 0 bridgehead atoms. The first kappa shape index (κ1) is 98.7. The zero-order chi connectivity index (χ0) is 94.2. The van der Waals surface area contributed by atoms with Crippen molar-refractivity contribution in [1.82, 2.24) is 112 Å². The van der Waals surface area contributed by atoms with Crippen molar-refractivity contribution in [2.45, 2.75) is 236 Å². The molecule has 698 valence electrons. The molecular weight excluding hydrogens is 1710 g/mol. The summed E-state index contributed by atoms with van der Waals surface area (Å²) in [4.78, 5) is 29.5. The largest absolute Gasteiger partial charge is 0.534 e. The van der Waals surface area contributed by atoms with Crippen LogP contribution in [0.3, 0.4) is 0 Å². The number of aromatic hydroxyl groups is 1. The molecule has 0 unspecified atom stereocenters. The number of anilines is 4. The molecule has 5 N–H and O–H groups in total. The number of aromatic nitrogens is 18. The SMILES string of the molecule is CN(c1ncc(-c2ccc(-n3nccn3)cc2O)nn1)C1CC(C)(C)NC(C)(C)C1.COCOc1cc(-c2cnn(C)n2)ccc1-c1cnc(N(C)C2CC(C)(C)NC(C)(C)C2)nn1.COCOc1cc(Cl)ccc1-c1cnc(N(C)C2CC(C)(C)NC(C)(C)C2)nn1.COCOc1cc(OS(=O)(=O)C(F)(F)F)ccc1-c1cnc(N(C)C2CC(C)(C)NC(C)(C)C2)nn1. The summed E-state index contributed by atoms with van der Waals surface area (Å²) in [6.45, 7) is 35.3.